The first kappa shape index (κ1) is 12.5. The molecular formula is C11H23NO. The smallest absolute Gasteiger partial charge is 0.0664 e. The fourth-order valence-corrected chi connectivity index (χ4v) is 1.19. The number of hydrogen-bond acceptors (Lipinski definition) is 2. The number of rotatable bonds is 9. The van der Waals surface area contributed by atoms with Crippen LogP contribution in [0.25, 0.3) is 0 Å². The van der Waals surface area contributed by atoms with E-state index >= 15 is 0 Å². The summed E-state index contributed by atoms with van der Waals surface area (Å²) in [6, 6.07) is 0. The maximum atomic E-state index is 5.31. The maximum Gasteiger partial charge on any atom is 0.0664 e. The Hall–Kier alpha value is -0.500. The average Bonchev–Trinajstić information content (AvgIpc) is 2.16. The summed E-state index contributed by atoms with van der Waals surface area (Å²) >= 11 is 0. The van der Waals surface area contributed by atoms with Crippen LogP contribution in [0.3, 0.4) is 0 Å². The molecule has 2 heteroatoms. The summed E-state index contributed by atoms with van der Waals surface area (Å²) in [5.41, 5.74) is 5.16. The standard InChI is InChI=1S/C11H23NO/c1-2-3-4-5-6-7-10-13-11-8-9-12/h8-9H,2-7,10-12H2,1H3/b9-8+. The Labute approximate surface area is 82.2 Å². The lowest BCUT2D eigenvalue weighted by Crippen LogP contribution is -1.95. The lowest BCUT2D eigenvalue weighted by atomic mass is 10.1. The number of nitrogens with two attached hydrogens (primary N) is 1. The van der Waals surface area contributed by atoms with Gasteiger partial charge in [0.2, 0.25) is 0 Å². The third kappa shape index (κ3) is 11.5. The lowest BCUT2D eigenvalue weighted by Gasteiger charge is -2.01. The number of hydrogen-bond donors (Lipinski definition) is 1. The van der Waals surface area contributed by atoms with Crippen molar-refractivity contribution in [2.45, 2.75) is 45.4 Å². The molecule has 0 bridgehead atoms. The summed E-state index contributed by atoms with van der Waals surface area (Å²) in [6.45, 7) is 3.77. The Morgan fingerprint density at radius 3 is 2.46 bits per heavy atom. The molecule has 13 heavy (non-hydrogen) atoms. The van der Waals surface area contributed by atoms with Gasteiger partial charge in [0.05, 0.1) is 6.61 Å². The van der Waals surface area contributed by atoms with E-state index in [1.54, 1.807) is 0 Å². The van der Waals surface area contributed by atoms with Gasteiger partial charge in [-0.3, -0.25) is 0 Å². The molecule has 0 aliphatic carbocycles. The summed E-state index contributed by atoms with van der Waals surface area (Å²) in [7, 11) is 0. The van der Waals surface area contributed by atoms with Crippen LogP contribution in [-0.2, 0) is 4.74 Å². The van der Waals surface area contributed by atoms with Gasteiger partial charge in [-0.15, -0.1) is 0 Å². The Morgan fingerprint density at radius 1 is 1.08 bits per heavy atom. The molecule has 78 valence electrons. The second-order valence-corrected chi connectivity index (χ2v) is 3.27. The second-order valence-electron chi connectivity index (χ2n) is 3.27. The molecule has 0 aliphatic rings. The first-order valence-corrected chi connectivity index (χ1v) is 5.36. The van der Waals surface area contributed by atoms with Crippen LogP contribution in [0.5, 0.6) is 0 Å². The Kier molecular flexibility index (Phi) is 11.1. The molecule has 0 heterocycles. The van der Waals surface area contributed by atoms with E-state index in [-0.39, 0.29) is 0 Å². The highest BCUT2D eigenvalue weighted by atomic mass is 16.5. The Balaban J connectivity index is 2.83. The molecule has 0 aromatic rings. The van der Waals surface area contributed by atoms with Gasteiger partial charge in [0.1, 0.15) is 0 Å². The SMILES string of the molecule is CCCCCCCCOC/C=C/N. The zero-order valence-corrected chi connectivity index (χ0v) is 8.80. The van der Waals surface area contributed by atoms with E-state index in [1.165, 1.54) is 44.7 Å². The van der Waals surface area contributed by atoms with E-state index in [2.05, 4.69) is 6.92 Å². The molecule has 0 radical (unpaired) electrons. The predicted octanol–water partition coefficient (Wildman–Crippen LogP) is 2.84. The van der Waals surface area contributed by atoms with Crippen LogP contribution in [0.15, 0.2) is 12.3 Å². The van der Waals surface area contributed by atoms with Crippen molar-refractivity contribution < 1.29 is 4.74 Å². The molecule has 0 saturated heterocycles. The van der Waals surface area contributed by atoms with Crippen molar-refractivity contribution in [2.24, 2.45) is 5.73 Å². The van der Waals surface area contributed by atoms with Crippen LogP contribution < -0.4 is 5.73 Å². The van der Waals surface area contributed by atoms with Crippen molar-refractivity contribution in [3.05, 3.63) is 12.3 Å². The molecule has 0 rings (SSSR count). The van der Waals surface area contributed by atoms with E-state index in [4.69, 9.17) is 10.5 Å². The minimum atomic E-state index is 0.658. The Morgan fingerprint density at radius 2 is 1.77 bits per heavy atom. The van der Waals surface area contributed by atoms with Gasteiger partial charge in [-0.2, -0.15) is 0 Å². The summed E-state index contributed by atoms with van der Waals surface area (Å²) in [4.78, 5) is 0. The number of ether oxygens (including phenoxy) is 1. The maximum absolute atomic E-state index is 5.31. The molecule has 0 atom stereocenters. The van der Waals surface area contributed by atoms with Gasteiger partial charge >= 0.3 is 0 Å². The molecular weight excluding hydrogens is 162 g/mol. The lowest BCUT2D eigenvalue weighted by molar-refractivity contribution is 0.157. The minimum Gasteiger partial charge on any atom is -0.405 e. The molecule has 2 nitrogen and oxygen atoms in total. The second kappa shape index (κ2) is 11.5. The van der Waals surface area contributed by atoms with E-state index in [1.807, 2.05) is 6.08 Å². The van der Waals surface area contributed by atoms with Crippen molar-refractivity contribution >= 4 is 0 Å². The number of unbranched alkanes of at least 4 members (excludes halogenated alkanes) is 5. The average molecular weight is 185 g/mol. The van der Waals surface area contributed by atoms with Crippen LogP contribution in [0, 0.1) is 0 Å². The molecule has 0 aliphatic heterocycles. The first-order chi connectivity index (χ1) is 6.41. The molecule has 0 fully saturated rings. The van der Waals surface area contributed by atoms with Gasteiger partial charge in [-0.25, -0.2) is 0 Å². The van der Waals surface area contributed by atoms with Gasteiger partial charge < -0.3 is 10.5 Å². The van der Waals surface area contributed by atoms with E-state index in [0.29, 0.717) is 6.61 Å². The van der Waals surface area contributed by atoms with Crippen LogP contribution in [-0.4, -0.2) is 13.2 Å². The van der Waals surface area contributed by atoms with Crippen LogP contribution >= 0.6 is 0 Å². The molecule has 2 N–H and O–H groups in total. The molecule has 0 aromatic heterocycles. The van der Waals surface area contributed by atoms with Gasteiger partial charge in [-0.05, 0) is 18.7 Å². The van der Waals surface area contributed by atoms with Gasteiger partial charge in [-0.1, -0.05) is 39.0 Å². The third-order valence-electron chi connectivity index (χ3n) is 1.99. The topological polar surface area (TPSA) is 35.2 Å². The highest BCUT2D eigenvalue weighted by Gasteiger charge is 1.89. The van der Waals surface area contributed by atoms with Crippen molar-refractivity contribution in [2.75, 3.05) is 13.2 Å². The van der Waals surface area contributed by atoms with Crippen LogP contribution in [0.2, 0.25) is 0 Å². The van der Waals surface area contributed by atoms with Gasteiger partial charge in [0.25, 0.3) is 0 Å². The summed E-state index contributed by atoms with van der Waals surface area (Å²) in [5, 5.41) is 0. The summed E-state index contributed by atoms with van der Waals surface area (Å²) in [5.74, 6) is 0. The van der Waals surface area contributed by atoms with Crippen LogP contribution in [0.4, 0.5) is 0 Å². The van der Waals surface area contributed by atoms with Crippen molar-refractivity contribution in [3.8, 4) is 0 Å². The van der Waals surface area contributed by atoms with Gasteiger partial charge in [0, 0.05) is 6.61 Å². The van der Waals surface area contributed by atoms with E-state index in [0.717, 1.165) is 6.61 Å². The fraction of sp³-hybridized carbons (Fsp3) is 0.818. The highest BCUT2D eigenvalue weighted by Crippen LogP contribution is 2.04. The third-order valence-corrected chi connectivity index (χ3v) is 1.99. The normalized spacial score (nSPS) is 11.2. The molecule has 0 amide bonds. The summed E-state index contributed by atoms with van der Waals surface area (Å²) in [6.07, 6.45) is 11.3. The summed E-state index contributed by atoms with van der Waals surface area (Å²) < 4.78 is 5.31. The van der Waals surface area contributed by atoms with Crippen LogP contribution in [0.1, 0.15) is 45.4 Å². The zero-order chi connectivity index (χ0) is 9.78. The van der Waals surface area contributed by atoms with Crippen molar-refractivity contribution in [3.63, 3.8) is 0 Å². The van der Waals surface area contributed by atoms with E-state index in [9.17, 15) is 0 Å². The quantitative estimate of drug-likeness (QED) is 0.561. The molecule has 0 saturated carbocycles. The van der Waals surface area contributed by atoms with Crippen molar-refractivity contribution in [1.29, 1.82) is 0 Å². The largest absolute Gasteiger partial charge is 0.405 e. The fourth-order valence-electron chi connectivity index (χ4n) is 1.19. The van der Waals surface area contributed by atoms with Gasteiger partial charge in [0.15, 0.2) is 0 Å². The minimum absolute atomic E-state index is 0.658. The predicted molar refractivity (Wildman–Crippen MR) is 57.5 cm³/mol. The van der Waals surface area contributed by atoms with Crippen molar-refractivity contribution in [1.82, 2.24) is 0 Å². The molecule has 0 aromatic carbocycles. The molecule has 0 spiro atoms. The monoisotopic (exact) mass is 185 g/mol. The Bertz CT molecular complexity index is 113. The first-order valence-electron chi connectivity index (χ1n) is 5.36. The highest BCUT2D eigenvalue weighted by molar-refractivity contribution is 4.74. The zero-order valence-electron chi connectivity index (χ0n) is 8.80. The molecule has 0 unspecified atom stereocenters. The van der Waals surface area contributed by atoms with E-state index < -0.39 is 0 Å².